The number of primary amides is 1. The number of carbonyl (C=O) groups is 1. The zero-order valence-corrected chi connectivity index (χ0v) is 22.4. The predicted octanol–water partition coefficient (Wildman–Crippen LogP) is 6.96. The molecule has 0 radical (unpaired) electrons. The van der Waals surface area contributed by atoms with Crippen molar-refractivity contribution in [2.75, 3.05) is 19.7 Å². The first-order chi connectivity index (χ1) is 19.2. The van der Waals surface area contributed by atoms with Crippen LogP contribution in [0.1, 0.15) is 45.0 Å². The maximum atomic E-state index is 13.6. The molecule has 0 aliphatic carbocycles. The molecular formula is C31H29ClF3N3O2. The highest BCUT2D eigenvalue weighted by Gasteiger charge is 2.33. The summed E-state index contributed by atoms with van der Waals surface area (Å²) in [5, 5.41) is -0.322. The number of carbonyl (C=O) groups excluding carboxylic acids is 1. The van der Waals surface area contributed by atoms with Crippen molar-refractivity contribution in [3.05, 3.63) is 130 Å². The third kappa shape index (κ3) is 8.07. The van der Waals surface area contributed by atoms with Gasteiger partial charge in [-0.15, -0.1) is 0 Å². The number of hydrogen-bond donors (Lipinski definition) is 1. The average molecular weight is 568 g/mol. The SMILES string of the molecule is NC(=O)c1ccc(OCCCN(Cc2ccc(Cl)c(C(F)(F)F)c2)CC(c2ccccc2)c2ccccc2)nc1. The zero-order chi connectivity index (χ0) is 28.5. The largest absolute Gasteiger partial charge is 0.478 e. The lowest BCUT2D eigenvalue weighted by Crippen LogP contribution is -2.31. The van der Waals surface area contributed by atoms with Crippen molar-refractivity contribution in [2.24, 2.45) is 5.73 Å². The Morgan fingerprint density at radius 1 is 0.950 bits per heavy atom. The van der Waals surface area contributed by atoms with Gasteiger partial charge in [0.25, 0.3) is 0 Å². The number of ether oxygens (including phenoxy) is 1. The van der Waals surface area contributed by atoms with E-state index >= 15 is 0 Å². The van der Waals surface area contributed by atoms with Crippen LogP contribution >= 0.6 is 11.6 Å². The minimum atomic E-state index is -4.54. The molecule has 0 unspecified atom stereocenters. The van der Waals surface area contributed by atoms with Crippen LogP contribution in [0.25, 0.3) is 0 Å². The van der Waals surface area contributed by atoms with Crippen molar-refractivity contribution in [3.63, 3.8) is 0 Å². The van der Waals surface area contributed by atoms with Crippen molar-refractivity contribution in [1.82, 2.24) is 9.88 Å². The van der Waals surface area contributed by atoms with Gasteiger partial charge in [-0.25, -0.2) is 4.98 Å². The molecule has 0 saturated heterocycles. The molecule has 1 aromatic heterocycles. The fourth-order valence-corrected chi connectivity index (χ4v) is 4.71. The predicted molar refractivity (Wildman–Crippen MR) is 149 cm³/mol. The van der Waals surface area contributed by atoms with Gasteiger partial charge in [-0.2, -0.15) is 13.2 Å². The van der Waals surface area contributed by atoms with Crippen LogP contribution in [0.3, 0.4) is 0 Å². The molecule has 0 aliphatic rings. The third-order valence-corrected chi connectivity index (χ3v) is 6.81. The summed E-state index contributed by atoms with van der Waals surface area (Å²) in [6.07, 6.45) is -2.60. The van der Waals surface area contributed by atoms with Gasteiger partial charge in [0, 0.05) is 37.8 Å². The van der Waals surface area contributed by atoms with Gasteiger partial charge >= 0.3 is 6.18 Å². The fourth-order valence-electron chi connectivity index (χ4n) is 4.49. The molecule has 3 aromatic carbocycles. The second-order valence-electron chi connectivity index (χ2n) is 9.37. The summed E-state index contributed by atoms with van der Waals surface area (Å²) in [6, 6.07) is 27.2. The maximum absolute atomic E-state index is 13.6. The zero-order valence-electron chi connectivity index (χ0n) is 21.7. The van der Waals surface area contributed by atoms with Gasteiger partial charge in [0.2, 0.25) is 11.8 Å². The normalized spacial score (nSPS) is 11.7. The van der Waals surface area contributed by atoms with Gasteiger partial charge in [0.1, 0.15) is 0 Å². The summed E-state index contributed by atoms with van der Waals surface area (Å²) < 4.78 is 46.4. The van der Waals surface area contributed by atoms with E-state index in [-0.39, 0.29) is 16.5 Å². The van der Waals surface area contributed by atoms with Crippen LogP contribution in [-0.4, -0.2) is 35.5 Å². The Kier molecular flexibility index (Phi) is 9.79. The second-order valence-corrected chi connectivity index (χ2v) is 9.78. The van der Waals surface area contributed by atoms with Gasteiger partial charge in [-0.05, 0) is 41.3 Å². The minimum Gasteiger partial charge on any atom is -0.478 e. The highest BCUT2D eigenvalue weighted by Crippen LogP contribution is 2.35. The molecule has 208 valence electrons. The number of pyridine rings is 1. The molecule has 0 bridgehead atoms. The average Bonchev–Trinajstić information content (AvgIpc) is 2.95. The number of benzene rings is 3. The van der Waals surface area contributed by atoms with Crippen LogP contribution in [0.5, 0.6) is 5.88 Å². The smallest absolute Gasteiger partial charge is 0.417 e. The Bertz CT molecular complexity index is 1350. The number of amides is 1. The molecule has 1 heterocycles. The second kappa shape index (κ2) is 13.5. The van der Waals surface area contributed by atoms with Gasteiger partial charge in [-0.3, -0.25) is 9.69 Å². The van der Waals surface area contributed by atoms with E-state index in [2.05, 4.69) is 34.1 Å². The van der Waals surface area contributed by atoms with E-state index in [4.69, 9.17) is 22.1 Å². The van der Waals surface area contributed by atoms with Crippen LogP contribution in [0.4, 0.5) is 13.2 Å². The molecule has 9 heteroatoms. The van der Waals surface area contributed by atoms with Crippen LogP contribution in [-0.2, 0) is 12.7 Å². The maximum Gasteiger partial charge on any atom is 0.417 e. The summed E-state index contributed by atoms with van der Waals surface area (Å²) in [4.78, 5) is 17.5. The van der Waals surface area contributed by atoms with Crippen molar-refractivity contribution < 1.29 is 22.7 Å². The van der Waals surface area contributed by atoms with E-state index in [0.717, 1.165) is 17.2 Å². The summed E-state index contributed by atoms with van der Waals surface area (Å²) in [5.41, 5.74) is 7.43. The van der Waals surface area contributed by atoms with E-state index in [1.54, 1.807) is 18.2 Å². The molecule has 40 heavy (non-hydrogen) atoms. The van der Waals surface area contributed by atoms with E-state index in [1.807, 2.05) is 36.4 Å². The standard InChI is InChI=1S/C31H29ClF3N3O2/c32-28-14-12-22(18-27(28)31(33,34)35)20-38(16-7-17-40-29-15-13-25(19-37-29)30(36)39)21-26(23-8-3-1-4-9-23)24-10-5-2-6-11-24/h1-6,8-15,18-19,26H,7,16-17,20-21H2,(H2,36,39). The fraction of sp³-hybridized carbons (Fsp3) is 0.226. The molecule has 0 atom stereocenters. The Balaban J connectivity index is 1.53. The van der Waals surface area contributed by atoms with E-state index in [1.165, 1.54) is 12.3 Å². The summed E-state index contributed by atoms with van der Waals surface area (Å²) >= 11 is 5.87. The van der Waals surface area contributed by atoms with Crippen molar-refractivity contribution in [1.29, 1.82) is 0 Å². The molecule has 5 nitrogen and oxygen atoms in total. The molecule has 0 fully saturated rings. The number of hydrogen-bond acceptors (Lipinski definition) is 4. The topological polar surface area (TPSA) is 68.5 Å². The highest BCUT2D eigenvalue weighted by atomic mass is 35.5. The molecule has 0 aliphatic heterocycles. The first-order valence-corrected chi connectivity index (χ1v) is 13.1. The number of alkyl halides is 3. The number of halogens is 4. The Labute approximate surface area is 236 Å². The summed E-state index contributed by atoms with van der Waals surface area (Å²) in [7, 11) is 0. The van der Waals surface area contributed by atoms with Gasteiger partial charge in [-0.1, -0.05) is 78.3 Å². The lowest BCUT2D eigenvalue weighted by Gasteiger charge is -2.29. The minimum absolute atomic E-state index is 0.000663. The Morgan fingerprint density at radius 3 is 2.15 bits per heavy atom. The monoisotopic (exact) mass is 567 g/mol. The first-order valence-electron chi connectivity index (χ1n) is 12.8. The lowest BCUT2D eigenvalue weighted by atomic mass is 9.90. The number of aromatic nitrogens is 1. The van der Waals surface area contributed by atoms with E-state index in [0.29, 0.717) is 44.1 Å². The number of nitrogens with two attached hydrogens (primary N) is 1. The quantitative estimate of drug-likeness (QED) is 0.188. The van der Waals surface area contributed by atoms with Crippen LogP contribution < -0.4 is 10.5 Å². The molecule has 0 spiro atoms. The van der Waals surface area contributed by atoms with E-state index < -0.39 is 17.6 Å². The van der Waals surface area contributed by atoms with Crippen molar-refractivity contribution >= 4 is 17.5 Å². The van der Waals surface area contributed by atoms with Crippen LogP contribution in [0, 0.1) is 0 Å². The van der Waals surface area contributed by atoms with Crippen molar-refractivity contribution in [2.45, 2.75) is 25.1 Å². The van der Waals surface area contributed by atoms with Gasteiger partial charge in [0.15, 0.2) is 0 Å². The van der Waals surface area contributed by atoms with Crippen LogP contribution in [0.15, 0.2) is 97.2 Å². The lowest BCUT2D eigenvalue weighted by molar-refractivity contribution is -0.137. The summed E-state index contributed by atoms with van der Waals surface area (Å²) in [6.45, 7) is 1.75. The van der Waals surface area contributed by atoms with Crippen molar-refractivity contribution in [3.8, 4) is 5.88 Å². The number of rotatable bonds is 12. The molecular weight excluding hydrogens is 539 g/mol. The molecule has 2 N–H and O–H groups in total. The highest BCUT2D eigenvalue weighted by molar-refractivity contribution is 6.31. The van der Waals surface area contributed by atoms with Gasteiger partial charge in [0.05, 0.1) is 22.8 Å². The molecule has 1 amide bonds. The third-order valence-electron chi connectivity index (χ3n) is 6.48. The molecule has 0 saturated carbocycles. The summed E-state index contributed by atoms with van der Waals surface area (Å²) in [5.74, 6) is -0.215. The first kappa shape index (κ1) is 29.1. The Hall–Kier alpha value is -3.88. The van der Waals surface area contributed by atoms with Gasteiger partial charge < -0.3 is 10.5 Å². The Morgan fingerprint density at radius 2 is 1.60 bits per heavy atom. The van der Waals surface area contributed by atoms with Crippen LogP contribution in [0.2, 0.25) is 5.02 Å². The number of nitrogens with zero attached hydrogens (tertiary/aromatic N) is 2. The van der Waals surface area contributed by atoms with E-state index in [9.17, 15) is 18.0 Å². The molecule has 4 rings (SSSR count). The molecule has 4 aromatic rings.